The normalized spacial score (nSPS) is 44.1. The van der Waals surface area contributed by atoms with E-state index in [2.05, 4.69) is 32.7 Å². The number of ether oxygens (including phenoxy) is 3. The zero-order valence-electron chi connectivity index (χ0n) is 20.4. The average Bonchev–Trinajstić information content (AvgIpc) is 3.19. The molecule has 0 saturated heterocycles. The Labute approximate surface area is 197 Å². The number of Topliss-reactive ketones (excluding diaryl/α,β-unsaturated/α-hetero) is 1. The van der Waals surface area contributed by atoms with Gasteiger partial charge in [-0.1, -0.05) is 38.6 Å². The highest BCUT2D eigenvalue weighted by Gasteiger charge is 2.68. The Morgan fingerprint density at radius 3 is 2.56 bits per heavy atom. The fourth-order valence-electron chi connectivity index (χ4n) is 7.49. The van der Waals surface area contributed by atoms with Crippen molar-refractivity contribution in [1.29, 1.82) is 0 Å². The molecule has 5 nitrogen and oxygen atoms in total. The number of ketones is 1. The highest BCUT2D eigenvalue weighted by atomic mass is 32.2. The summed E-state index contributed by atoms with van der Waals surface area (Å²) in [5.41, 5.74) is -0.144. The lowest BCUT2D eigenvalue weighted by molar-refractivity contribution is -0.211. The van der Waals surface area contributed by atoms with Gasteiger partial charge in [-0.2, -0.15) is 0 Å². The summed E-state index contributed by atoms with van der Waals surface area (Å²) in [6.07, 6.45) is 6.78. The van der Waals surface area contributed by atoms with Crippen LogP contribution in [0.1, 0.15) is 59.8 Å². The number of nitrogens with zero attached hydrogens (tertiary/aromatic N) is 1. The first-order valence-electron chi connectivity index (χ1n) is 12.0. The second-order valence-corrected chi connectivity index (χ2v) is 12.2. The monoisotopic (exact) mass is 461 g/mol. The van der Waals surface area contributed by atoms with E-state index in [-0.39, 0.29) is 35.7 Å². The van der Waals surface area contributed by atoms with Crippen LogP contribution in [0.25, 0.3) is 0 Å². The number of aromatic nitrogens is 1. The quantitative estimate of drug-likeness (QED) is 0.530. The lowest BCUT2D eigenvalue weighted by Crippen LogP contribution is -2.63. The van der Waals surface area contributed by atoms with E-state index in [1.165, 1.54) is 0 Å². The summed E-state index contributed by atoms with van der Waals surface area (Å²) in [4.78, 5) is 18.8. The molecule has 0 radical (unpaired) electrons. The van der Waals surface area contributed by atoms with Gasteiger partial charge < -0.3 is 14.2 Å². The lowest BCUT2D eigenvalue weighted by Gasteiger charge is -2.62. The molecule has 2 bridgehead atoms. The topological polar surface area (TPSA) is 57.7 Å². The molecule has 3 aliphatic carbocycles. The SMILES string of the molecule is COCOC1C[C@@](C)(Sc2ccccn2)C(=O)[C@H](C)C23CC[C@@H](C)[C@]1(C)C2[C@H](OC)CC3. The molecule has 1 heterocycles. The predicted molar refractivity (Wildman–Crippen MR) is 126 cm³/mol. The summed E-state index contributed by atoms with van der Waals surface area (Å²) >= 11 is 1.60. The third-order valence-corrected chi connectivity index (χ3v) is 10.6. The Hall–Kier alpha value is -0.950. The molecule has 0 aromatic carbocycles. The van der Waals surface area contributed by atoms with Gasteiger partial charge in [0.2, 0.25) is 0 Å². The second kappa shape index (κ2) is 9.01. The minimum absolute atomic E-state index is 0.0240. The largest absolute Gasteiger partial charge is 0.381 e. The van der Waals surface area contributed by atoms with Crippen molar-refractivity contribution in [3.05, 3.63) is 24.4 Å². The second-order valence-electron chi connectivity index (χ2n) is 10.7. The average molecular weight is 462 g/mol. The van der Waals surface area contributed by atoms with Crippen molar-refractivity contribution in [2.45, 2.75) is 81.8 Å². The van der Waals surface area contributed by atoms with Gasteiger partial charge in [0.05, 0.1) is 22.0 Å². The van der Waals surface area contributed by atoms with E-state index in [4.69, 9.17) is 14.2 Å². The van der Waals surface area contributed by atoms with Crippen molar-refractivity contribution in [1.82, 2.24) is 4.98 Å². The van der Waals surface area contributed by atoms with Crippen molar-refractivity contribution in [3.63, 3.8) is 0 Å². The van der Waals surface area contributed by atoms with Gasteiger partial charge in [0, 0.05) is 31.7 Å². The number of carbonyl (C=O) groups excluding carboxylic acids is 1. The van der Waals surface area contributed by atoms with E-state index in [1.54, 1.807) is 25.1 Å². The number of thioether (sulfide) groups is 1. The zero-order chi connectivity index (χ0) is 23.1. The molecule has 178 valence electrons. The molecular formula is C26H39NO4S. The van der Waals surface area contributed by atoms with E-state index in [9.17, 15) is 4.79 Å². The van der Waals surface area contributed by atoms with Gasteiger partial charge in [0.1, 0.15) is 6.79 Å². The van der Waals surface area contributed by atoms with Crippen LogP contribution in [-0.4, -0.2) is 48.7 Å². The molecule has 32 heavy (non-hydrogen) atoms. The Kier molecular flexibility index (Phi) is 6.81. The Morgan fingerprint density at radius 2 is 1.91 bits per heavy atom. The minimum Gasteiger partial charge on any atom is -0.381 e. The van der Waals surface area contributed by atoms with Crippen molar-refractivity contribution in [2.75, 3.05) is 21.0 Å². The first-order valence-corrected chi connectivity index (χ1v) is 12.8. The summed E-state index contributed by atoms with van der Waals surface area (Å²) in [6.45, 7) is 9.31. The molecule has 0 aliphatic heterocycles. The third kappa shape index (κ3) is 3.66. The first kappa shape index (κ1) is 24.2. The van der Waals surface area contributed by atoms with Crippen molar-refractivity contribution >= 4 is 17.5 Å². The summed E-state index contributed by atoms with van der Waals surface area (Å²) in [7, 11) is 3.51. The number of hydrogen-bond donors (Lipinski definition) is 0. The number of pyridine rings is 1. The molecule has 1 aromatic heterocycles. The van der Waals surface area contributed by atoms with Crippen LogP contribution < -0.4 is 0 Å². The molecule has 6 heteroatoms. The van der Waals surface area contributed by atoms with Crippen LogP contribution in [0.3, 0.4) is 0 Å². The van der Waals surface area contributed by atoms with E-state index in [1.807, 2.05) is 25.3 Å². The Balaban J connectivity index is 1.84. The zero-order valence-corrected chi connectivity index (χ0v) is 21.2. The van der Waals surface area contributed by atoms with Crippen LogP contribution in [0.2, 0.25) is 0 Å². The Bertz CT molecular complexity index is 821. The molecule has 0 N–H and O–H groups in total. The van der Waals surface area contributed by atoms with Crippen molar-refractivity contribution in [3.8, 4) is 0 Å². The van der Waals surface area contributed by atoms with Gasteiger partial charge in [0.15, 0.2) is 5.78 Å². The number of carbonyl (C=O) groups is 1. The van der Waals surface area contributed by atoms with Gasteiger partial charge in [-0.15, -0.1) is 0 Å². The van der Waals surface area contributed by atoms with Gasteiger partial charge >= 0.3 is 0 Å². The first-order chi connectivity index (χ1) is 15.2. The van der Waals surface area contributed by atoms with Crippen LogP contribution in [0.15, 0.2) is 29.4 Å². The molecular weight excluding hydrogens is 422 g/mol. The highest BCUT2D eigenvalue weighted by Crippen LogP contribution is 2.68. The summed E-state index contributed by atoms with van der Waals surface area (Å²) in [6, 6.07) is 5.90. The fraction of sp³-hybridized carbons (Fsp3) is 0.769. The predicted octanol–water partition coefficient (Wildman–Crippen LogP) is 5.38. The summed E-state index contributed by atoms with van der Waals surface area (Å²) < 4.78 is 17.3. The maximum absolute atomic E-state index is 14.3. The fourth-order valence-corrected chi connectivity index (χ4v) is 8.73. The summed E-state index contributed by atoms with van der Waals surface area (Å²) in [5, 5.41) is 0.889. The molecule has 3 saturated carbocycles. The van der Waals surface area contributed by atoms with Crippen LogP contribution >= 0.6 is 11.8 Å². The highest BCUT2D eigenvalue weighted by molar-refractivity contribution is 8.01. The Morgan fingerprint density at radius 1 is 1.16 bits per heavy atom. The van der Waals surface area contributed by atoms with Gasteiger partial charge in [-0.05, 0) is 68.4 Å². The van der Waals surface area contributed by atoms with Crippen LogP contribution in [-0.2, 0) is 19.0 Å². The van der Waals surface area contributed by atoms with E-state index in [0.717, 1.165) is 30.7 Å². The van der Waals surface area contributed by atoms with Gasteiger partial charge in [-0.25, -0.2) is 4.98 Å². The van der Waals surface area contributed by atoms with Gasteiger partial charge in [-0.3, -0.25) is 4.79 Å². The van der Waals surface area contributed by atoms with E-state index in [0.29, 0.717) is 24.0 Å². The molecule has 0 spiro atoms. The standard InChI is InChI=1S/C26H39NO4S/c1-17-10-12-26-13-11-19(30-6)22(26)25(17,4)20(31-16-29-5)15-24(3,23(28)18(26)2)32-21-9-7-8-14-27-21/h7-9,14,17-20,22H,10-13,15-16H2,1-6H3/t17-,18+,19-,20?,22?,24-,25+,26?/m1/s1. The molecule has 3 aliphatic rings. The minimum atomic E-state index is -0.617. The number of rotatable bonds is 6. The molecule has 4 rings (SSSR count). The third-order valence-electron chi connectivity index (χ3n) is 9.36. The van der Waals surface area contributed by atoms with Crippen LogP contribution in [0.4, 0.5) is 0 Å². The summed E-state index contributed by atoms with van der Waals surface area (Å²) in [5.74, 6) is 1.08. The van der Waals surface area contributed by atoms with E-state index >= 15 is 0 Å². The number of methoxy groups -OCH3 is 2. The molecule has 8 atom stereocenters. The van der Waals surface area contributed by atoms with Crippen LogP contribution in [0, 0.1) is 28.6 Å². The van der Waals surface area contributed by atoms with Crippen LogP contribution in [0.5, 0.6) is 0 Å². The molecule has 1 aromatic rings. The van der Waals surface area contributed by atoms with Crippen molar-refractivity contribution in [2.24, 2.45) is 28.6 Å². The van der Waals surface area contributed by atoms with E-state index < -0.39 is 4.75 Å². The van der Waals surface area contributed by atoms with Crippen molar-refractivity contribution < 1.29 is 19.0 Å². The van der Waals surface area contributed by atoms with Gasteiger partial charge in [0.25, 0.3) is 0 Å². The molecule has 3 fully saturated rings. The lowest BCUT2D eigenvalue weighted by atomic mass is 9.45. The maximum atomic E-state index is 14.3. The number of hydrogen-bond acceptors (Lipinski definition) is 6. The molecule has 3 unspecified atom stereocenters. The molecule has 0 amide bonds. The smallest absolute Gasteiger partial charge is 0.152 e. The maximum Gasteiger partial charge on any atom is 0.152 e.